The fraction of sp³-hybridized carbons (Fsp3) is 0.375. The lowest BCUT2D eigenvalue weighted by Gasteiger charge is -2.15. The maximum atomic E-state index is 12.6. The molecule has 11 heteroatoms. The van der Waals surface area contributed by atoms with Crippen LogP contribution in [0.4, 0.5) is 32.0 Å². The van der Waals surface area contributed by atoms with E-state index in [1.54, 1.807) is 0 Å². The molecule has 0 bridgehead atoms. The van der Waals surface area contributed by atoms with Crippen LogP contribution in [0.2, 0.25) is 0 Å². The lowest BCUT2D eigenvalue weighted by Crippen LogP contribution is -2.22. The number of ether oxygens (including phenoxy) is 1. The van der Waals surface area contributed by atoms with Crippen LogP contribution in [-0.4, -0.2) is 16.3 Å². The first-order chi connectivity index (χ1) is 8.43. The van der Waals surface area contributed by atoms with Gasteiger partial charge in [-0.2, -0.15) is 13.2 Å². The monoisotopic (exact) mass is 290 g/mol. The van der Waals surface area contributed by atoms with Gasteiger partial charge in [0.2, 0.25) is 5.88 Å². The van der Waals surface area contributed by atoms with Crippen LogP contribution in [0.25, 0.3) is 0 Å². The Bertz CT molecular complexity index is 510. The van der Waals surface area contributed by atoms with Gasteiger partial charge in [0.05, 0.1) is 4.92 Å². The van der Waals surface area contributed by atoms with Crippen molar-refractivity contribution >= 4 is 5.69 Å². The van der Waals surface area contributed by atoms with Gasteiger partial charge in [0.25, 0.3) is 5.69 Å². The van der Waals surface area contributed by atoms with Crippen LogP contribution in [0, 0.1) is 17.0 Å². The number of pyridine rings is 1. The first-order valence-corrected chi connectivity index (χ1v) is 4.40. The molecule has 0 amide bonds. The van der Waals surface area contributed by atoms with Gasteiger partial charge in [-0.1, -0.05) is 0 Å². The van der Waals surface area contributed by atoms with Crippen molar-refractivity contribution in [1.82, 2.24) is 4.98 Å². The second kappa shape index (κ2) is 4.55. The number of nitrogens with zero attached hydrogens (tertiary/aromatic N) is 2. The standard InChI is InChI=1S/C8H4F6N2O3/c1-3-4(16(17)18)2-15-6(19-8(12,13)14)5(3)7(9,10)11/h2H,1H3. The summed E-state index contributed by atoms with van der Waals surface area (Å²) in [5, 5.41) is 10.4. The van der Waals surface area contributed by atoms with E-state index >= 15 is 0 Å². The lowest BCUT2D eigenvalue weighted by molar-refractivity contribution is -0.386. The van der Waals surface area contributed by atoms with Crippen molar-refractivity contribution in [3.05, 3.63) is 27.4 Å². The summed E-state index contributed by atoms with van der Waals surface area (Å²) in [6.07, 6.45) is -10.4. The van der Waals surface area contributed by atoms with Crippen molar-refractivity contribution in [2.24, 2.45) is 0 Å². The van der Waals surface area contributed by atoms with Gasteiger partial charge in [-0.3, -0.25) is 10.1 Å². The van der Waals surface area contributed by atoms with E-state index < -0.39 is 40.2 Å². The first kappa shape index (κ1) is 15.0. The molecule has 0 aromatic carbocycles. The zero-order valence-corrected chi connectivity index (χ0v) is 8.96. The Balaban J connectivity index is 3.50. The third kappa shape index (κ3) is 3.45. The normalized spacial score (nSPS) is 12.4. The quantitative estimate of drug-likeness (QED) is 0.476. The Morgan fingerprint density at radius 2 is 1.79 bits per heavy atom. The fourth-order valence-corrected chi connectivity index (χ4v) is 1.27. The minimum absolute atomic E-state index is 0.269. The van der Waals surface area contributed by atoms with Gasteiger partial charge in [-0.25, -0.2) is 4.98 Å². The highest BCUT2D eigenvalue weighted by Crippen LogP contribution is 2.41. The van der Waals surface area contributed by atoms with E-state index in [0.29, 0.717) is 6.92 Å². The molecular weight excluding hydrogens is 286 g/mol. The molecule has 1 heterocycles. The van der Waals surface area contributed by atoms with Gasteiger partial charge in [0, 0.05) is 5.56 Å². The molecule has 5 nitrogen and oxygen atoms in total. The maximum absolute atomic E-state index is 12.6. The summed E-state index contributed by atoms with van der Waals surface area (Å²) in [7, 11) is 0. The van der Waals surface area contributed by atoms with Crippen molar-refractivity contribution in [1.29, 1.82) is 0 Å². The van der Waals surface area contributed by atoms with E-state index in [0.717, 1.165) is 0 Å². The average Bonchev–Trinajstić information content (AvgIpc) is 2.11. The van der Waals surface area contributed by atoms with Gasteiger partial charge < -0.3 is 4.74 Å². The highest BCUT2D eigenvalue weighted by Gasteiger charge is 2.43. The zero-order valence-electron chi connectivity index (χ0n) is 8.96. The molecule has 1 aromatic rings. The molecule has 0 spiro atoms. The summed E-state index contributed by atoms with van der Waals surface area (Å²) in [5.41, 5.74) is -3.99. The molecule has 1 aromatic heterocycles. The Morgan fingerprint density at radius 1 is 1.26 bits per heavy atom. The molecule has 0 unspecified atom stereocenters. The third-order valence-corrected chi connectivity index (χ3v) is 1.97. The van der Waals surface area contributed by atoms with Crippen molar-refractivity contribution in [2.45, 2.75) is 19.5 Å². The van der Waals surface area contributed by atoms with E-state index in [4.69, 9.17) is 0 Å². The zero-order chi connectivity index (χ0) is 15.0. The van der Waals surface area contributed by atoms with Crippen molar-refractivity contribution < 1.29 is 36.0 Å². The molecule has 0 saturated carbocycles. The van der Waals surface area contributed by atoms with E-state index in [9.17, 15) is 36.5 Å². The maximum Gasteiger partial charge on any atom is 0.574 e. The van der Waals surface area contributed by atoms with Crippen molar-refractivity contribution in [3.63, 3.8) is 0 Å². The van der Waals surface area contributed by atoms with E-state index in [1.165, 1.54) is 0 Å². The predicted molar refractivity (Wildman–Crippen MR) is 47.3 cm³/mol. The Labute approximate surface area is 101 Å². The van der Waals surface area contributed by atoms with Crippen LogP contribution in [0.15, 0.2) is 6.20 Å². The SMILES string of the molecule is Cc1c([N+](=O)[O-])cnc(OC(F)(F)F)c1C(F)(F)F. The summed E-state index contributed by atoms with van der Waals surface area (Å²) in [5.74, 6) is -1.77. The summed E-state index contributed by atoms with van der Waals surface area (Å²) in [4.78, 5) is 12.0. The largest absolute Gasteiger partial charge is 0.574 e. The number of rotatable bonds is 2. The van der Waals surface area contributed by atoms with Crippen molar-refractivity contribution in [3.8, 4) is 5.88 Å². The predicted octanol–water partition coefficient (Wildman–Crippen LogP) is 3.22. The molecular formula is C8H4F6N2O3. The molecule has 0 aliphatic rings. The molecule has 19 heavy (non-hydrogen) atoms. The van der Waals surface area contributed by atoms with Crippen LogP contribution < -0.4 is 4.74 Å². The van der Waals surface area contributed by atoms with Gasteiger partial charge in [-0.15, -0.1) is 13.2 Å². The minimum atomic E-state index is -5.39. The van der Waals surface area contributed by atoms with Gasteiger partial charge in [0.15, 0.2) is 0 Å². The highest BCUT2D eigenvalue weighted by atomic mass is 19.4. The molecule has 0 aliphatic carbocycles. The van der Waals surface area contributed by atoms with Gasteiger partial charge >= 0.3 is 12.5 Å². The molecule has 0 radical (unpaired) electrons. The van der Waals surface area contributed by atoms with E-state index in [2.05, 4.69) is 9.72 Å². The second-order valence-electron chi connectivity index (χ2n) is 3.25. The summed E-state index contributed by atoms with van der Waals surface area (Å²) in [6, 6.07) is 0. The minimum Gasteiger partial charge on any atom is -0.387 e. The number of aromatic nitrogens is 1. The molecule has 0 fully saturated rings. The number of hydrogen-bond donors (Lipinski definition) is 0. The Hall–Kier alpha value is -2.07. The highest BCUT2D eigenvalue weighted by molar-refractivity contribution is 5.48. The number of halogens is 6. The third-order valence-electron chi connectivity index (χ3n) is 1.97. The first-order valence-electron chi connectivity index (χ1n) is 4.40. The van der Waals surface area contributed by atoms with Crippen LogP contribution in [-0.2, 0) is 6.18 Å². The molecule has 0 saturated heterocycles. The van der Waals surface area contributed by atoms with Crippen LogP contribution in [0.3, 0.4) is 0 Å². The number of alkyl halides is 6. The molecule has 0 atom stereocenters. The number of nitro groups is 1. The number of hydrogen-bond acceptors (Lipinski definition) is 4. The summed E-state index contributed by atoms with van der Waals surface area (Å²) < 4.78 is 76.8. The van der Waals surface area contributed by atoms with E-state index in [-0.39, 0.29) is 6.20 Å². The van der Waals surface area contributed by atoms with Crippen LogP contribution in [0.1, 0.15) is 11.1 Å². The summed E-state index contributed by atoms with van der Waals surface area (Å²) in [6.45, 7) is 0.659. The Morgan fingerprint density at radius 3 is 2.16 bits per heavy atom. The molecule has 0 aliphatic heterocycles. The summed E-state index contributed by atoms with van der Waals surface area (Å²) >= 11 is 0. The van der Waals surface area contributed by atoms with E-state index in [1.807, 2.05) is 0 Å². The van der Waals surface area contributed by atoms with Crippen LogP contribution in [0.5, 0.6) is 5.88 Å². The van der Waals surface area contributed by atoms with Gasteiger partial charge in [-0.05, 0) is 6.92 Å². The molecule has 1 rings (SSSR count). The fourth-order valence-electron chi connectivity index (χ4n) is 1.27. The topological polar surface area (TPSA) is 65.3 Å². The molecule has 106 valence electrons. The lowest BCUT2D eigenvalue weighted by atomic mass is 10.1. The van der Waals surface area contributed by atoms with Gasteiger partial charge in [0.1, 0.15) is 11.8 Å². The second-order valence-corrected chi connectivity index (χ2v) is 3.25. The Kier molecular flexibility index (Phi) is 3.59. The van der Waals surface area contributed by atoms with Crippen LogP contribution >= 0.6 is 0 Å². The average molecular weight is 290 g/mol. The molecule has 0 N–H and O–H groups in total. The smallest absolute Gasteiger partial charge is 0.387 e. The van der Waals surface area contributed by atoms with Crippen molar-refractivity contribution in [2.75, 3.05) is 0 Å².